The van der Waals surface area contributed by atoms with Crippen molar-refractivity contribution in [2.24, 2.45) is 11.8 Å². The number of likely N-dealkylation sites (tertiary alicyclic amines) is 1. The summed E-state index contributed by atoms with van der Waals surface area (Å²) in [7, 11) is 3.96. The van der Waals surface area contributed by atoms with Gasteiger partial charge in [-0.15, -0.1) is 0 Å². The number of carbonyl (C=O) groups excluding carboxylic acids is 1. The molecule has 3 fully saturated rings. The number of likely N-dealkylation sites (N-methyl/N-ethyl adjacent to an activating group) is 1. The molecule has 170 valence electrons. The molecule has 1 aromatic rings. The van der Waals surface area contributed by atoms with E-state index in [0.717, 1.165) is 32.7 Å². The fraction of sp³-hybridized carbons (Fsp3) is 0.682. The van der Waals surface area contributed by atoms with Crippen molar-refractivity contribution in [2.75, 3.05) is 47.6 Å². The van der Waals surface area contributed by atoms with Crippen molar-refractivity contribution in [3.63, 3.8) is 0 Å². The second-order valence-electron chi connectivity index (χ2n) is 7.98. The summed E-state index contributed by atoms with van der Waals surface area (Å²) in [6, 6.07) is 9.43. The number of ether oxygens (including phenoxy) is 2. The molecule has 1 aromatic carbocycles. The van der Waals surface area contributed by atoms with E-state index in [0.29, 0.717) is 37.1 Å². The summed E-state index contributed by atoms with van der Waals surface area (Å²) in [5, 5.41) is 7.07. The van der Waals surface area contributed by atoms with Crippen LogP contribution in [-0.2, 0) is 9.47 Å². The van der Waals surface area contributed by atoms with Crippen LogP contribution in [0.2, 0.25) is 0 Å². The Balaban J connectivity index is 0.000000299. The third-order valence-electron chi connectivity index (χ3n) is 6.00. The second-order valence-corrected chi connectivity index (χ2v) is 7.98. The summed E-state index contributed by atoms with van der Waals surface area (Å²) >= 11 is 0. The van der Waals surface area contributed by atoms with E-state index in [1.165, 1.54) is 32.1 Å². The van der Waals surface area contributed by atoms with Crippen molar-refractivity contribution in [2.45, 2.75) is 37.4 Å². The van der Waals surface area contributed by atoms with E-state index in [9.17, 15) is 13.6 Å². The summed E-state index contributed by atoms with van der Waals surface area (Å²) in [4.78, 5) is 13.4. The Morgan fingerprint density at radius 1 is 1.03 bits per heavy atom. The highest BCUT2D eigenvalue weighted by Crippen LogP contribution is 2.38. The number of amides is 1. The molecule has 6 nitrogen and oxygen atoms in total. The SMILES string of the molecule is CF.CNC1COCC(NC2CC3CN(C(=O)OC)CC3C2)C1.Fc1ccccc1. The maximum atomic E-state index is 11.9. The molecule has 30 heavy (non-hydrogen) atoms. The average Bonchev–Trinajstić information content (AvgIpc) is 3.34. The number of hydrogen-bond donors (Lipinski definition) is 2. The van der Waals surface area contributed by atoms with Crippen LogP contribution in [-0.4, -0.2) is 76.8 Å². The van der Waals surface area contributed by atoms with Crippen molar-refractivity contribution < 1.29 is 23.0 Å². The summed E-state index contributed by atoms with van der Waals surface area (Å²) in [6.07, 6.45) is 3.29. The molecule has 4 unspecified atom stereocenters. The maximum absolute atomic E-state index is 11.9. The molecular formula is C22H35F2N3O3. The van der Waals surface area contributed by atoms with E-state index in [-0.39, 0.29) is 11.9 Å². The number of hydrogen-bond acceptors (Lipinski definition) is 5. The molecule has 0 bridgehead atoms. The molecule has 4 rings (SSSR count). The third-order valence-corrected chi connectivity index (χ3v) is 6.00. The van der Waals surface area contributed by atoms with E-state index in [1.807, 2.05) is 11.9 Å². The molecular weight excluding hydrogens is 392 g/mol. The van der Waals surface area contributed by atoms with Crippen LogP contribution in [0.4, 0.5) is 13.6 Å². The summed E-state index contributed by atoms with van der Waals surface area (Å²) in [5.74, 6) is 1.08. The van der Waals surface area contributed by atoms with Crippen LogP contribution >= 0.6 is 0 Å². The monoisotopic (exact) mass is 427 g/mol. The lowest BCUT2D eigenvalue weighted by molar-refractivity contribution is 0.0443. The number of nitrogens with one attached hydrogen (secondary N) is 2. The number of methoxy groups -OCH3 is 1. The predicted octanol–water partition coefficient (Wildman–Crippen LogP) is 2.84. The molecule has 2 N–H and O–H groups in total. The highest BCUT2D eigenvalue weighted by atomic mass is 19.1. The first-order valence-electron chi connectivity index (χ1n) is 10.5. The summed E-state index contributed by atoms with van der Waals surface area (Å²) in [6.45, 7) is 3.35. The minimum absolute atomic E-state index is 0.175. The van der Waals surface area contributed by atoms with Crippen molar-refractivity contribution in [1.82, 2.24) is 15.5 Å². The Kier molecular flexibility index (Phi) is 10.5. The molecule has 1 amide bonds. The van der Waals surface area contributed by atoms with Crippen LogP contribution in [0, 0.1) is 17.7 Å². The zero-order chi connectivity index (χ0) is 21.9. The van der Waals surface area contributed by atoms with Crippen molar-refractivity contribution in [3.8, 4) is 0 Å². The summed E-state index contributed by atoms with van der Waals surface area (Å²) in [5.41, 5.74) is 0. The number of halogens is 2. The van der Waals surface area contributed by atoms with Gasteiger partial charge in [0.1, 0.15) is 5.82 Å². The Morgan fingerprint density at radius 2 is 1.63 bits per heavy atom. The molecule has 2 aliphatic heterocycles. The molecule has 8 heteroatoms. The van der Waals surface area contributed by atoms with E-state index < -0.39 is 0 Å². The van der Waals surface area contributed by atoms with Crippen LogP contribution in [0.1, 0.15) is 19.3 Å². The normalized spacial score (nSPS) is 29.8. The Hall–Kier alpha value is -1.77. The van der Waals surface area contributed by atoms with Gasteiger partial charge in [0.05, 0.1) is 27.5 Å². The molecule has 3 aliphatic rings. The lowest BCUT2D eigenvalue weighted by atomic mass is 10.0. The number of fused-ring (bicyclic) bond motifs is 1. The smallest absolute Gasteiger partial charge is 0.409 e. The molecule has 0 radical (unpaired) electrons. The van der Waals surface area contributed by atoms with E-state index in [1.54, 1.807) is 18.2 Å². The van der Waals surface area contributed by atoms with E-state index in [4.69, 9.17) is 9.47 Å². The largest absolute Gasteiger partial charge is 0.453 e. The van der Waals surface area contributed by atoms with Crippen LogP contribution in [0.15, 0.2) is 30.3 Å². The first-order valence-corrected chi connectivity index (χ1v) is 10.5. The van der Waals surface area contributed by atoms with Gasteiger partial charge in [0.15, 0.2) is 0 Å². The number of nitrogens with zero attached hydrogens (tertiary/aromatic N) is 1. The van der Waals surface area contributed by atoms with Gasteiger partial charge in [-0.2, -0.15) is 0 Å². The van der Waals surface area contributed by atoms with Gasteiger partial charge in [-0.3, -0.25) is 4.39 Å². The average molecular weight is 428 g/mol. The molecule has 1 saturated carbocycles. The van der Waals surface area contributed by atoms with Crippen molar-refractivity contribution >= 4 is 6.09 Å². The minimum Gasteiger partial charge on any atom is -0.453 e. The molecule has 2 heterocycles. The Morgan fingerprint density at radius 3 is 2.13 bits per heavy atom. The van der Waals surface area contributed by atoms with Crippen LogP contribution in [0.3, 0.4) is 0 Å². The Bertz CT molecular complexity index is 609. The zero-order valence-electron chi connectivity index (χ0n) is 18.2. The van der Waals surface area contributed by atoms with Gasteiger partial charge in [0, 0.05) is 31.2 Å². The lowest BCUT2D eigenvalue weighted by Crippen LogP contribution is -2.49. The highest BCUT2D eigenvalue weighted by Gasteiger charge is 2.43. The molecule has 2 saturated heterocycles. The van der Waals surface area contributed by atoms with Gasteiger partial charge in [0.25, 0.3) is 0 Å². The van der Waals surface area contributed by atoms with Crippen LogP contribution in [0.25, 0.3) is 0 Å². The summed E-state index contributed by atoms with van der Waals surface area (Å²) < 4.78 is 31.9. The first kappa shape index (κ1) is 24.5. The molecule has 0 spiro atoms. The number of benzene rings is 1. The van der Waals surface area contributed by atoms with E-state index in [2.05, 4.69) is 10.6 Å². The fourth-order valence-corrected chi connectivity index (χ4v) is 4.61. The third kappa shape index (κ3) is 7.18. The second kappa shape index (κ2) is 12.8. The molecule has 1 aliphatic carbocycles. The van der Waals surface area contributed by atoms with Gasteiger partial charge in [0.2, 0.25) is 0 Å². The topological polar surface area (TPSA) is 62.8 Å². The van der Waals surface area contributed by atoms with Crippen LogP contribution < -0.4 is 10.6 Å². The minimum atomic E-state index is -0.178. The predicted molar refractivity (Wildman–Crippen MR) is 113 cm³/mol. The van der Waals surface area contributed by atoms with Gasteiger partial charge in [-0.05, 0) is 50.3 Å². The molecule has 0 aromatic heterocycles. The van der Waals surface area contributed by atoms with Crippen LogP contribution in [0.5, 0.6) is 0 Å². The number of rotatable bonds is 3. The number of alkyl halides is 1. The van der Waals surface area contributed by atoms with Crippen molar-refractivity contribution in [3.05, 3.63) is 36.1 Å². The Labute approximate surface area is 178 Å². The molecule has 4 atom stereocenters. The highest BCUT2D eigenvalue weighted by molar-refractivity contribution is 5.67. The lowest BCUT2D eigenvalue weighted by Gasteiger charge is -2.32. The van der Waals surface area contributed by atoms with Gasteiger partial charge >= 0.3 is 6.09 Å². The standard InChI is InChI=1S/C15H27N3O3.C6H5F.CH3F/c1-16-13-5-14(9-21-8-13)17-12-3-10-6-18(15(19)20-2)7-11(10)4-12;7-6-4-2-1-3-5-6;1-2/h10-14,16-17H,3-9H2,1-2H3;1-5H;1H3. The van der Waals surface area contributed by atoms with Gasteiger partial charge < -0.3 is 25.0 Å². The number of carbonyl (C=O) groups is 1. The zero-order valence-corrected chi connectivity index (χ0v) is 18.2. The van der Waals surface area contributed by atoms with E-state index >= 15 is 0 Å². The van der Waals surface area contributed by atoms with Crippen molar-refractivity contribution in [1.29, 1.82) is 0 Å². The quantitative estimate of drug-likeness (QED) is 0.777. The van der Waals surface area contributed by atoms with Gasteiger partial charge in [-0.25, -0.2) is 9.18 Å². The first-order chi connectivity index (χ1) is 14.6. The maximum Gasteiger partial charge on any atom is 0.409 e. The van der Waals surface area contributed by atoms with Gasteiger partial charge in [-0.1, -0.05) is 18.2 Å². The fourth-order valence-electron chi connectivity index (χ4n) is 4.61.